The van der Waals surface area contributed by atoms with Crippen LogP contribution in [0.15, 0.2) is 54.6 Å². The van der Waals surface area contributed by atoms with Gasteiger partial charge < -0.3 is 19.7 Å². The number of nitrogens with one attached hydrogen (secondary N) is 1. The highest BCUT2D eigenvalue weighted by atomic mass is 16.6. The van der Waals surface area contributed by atoms with Crippen LogP contribution in [-0.2, 0) is 33.8 Å². The minimum Gasteiger partial charge on any atom is -0.436 e. The Balaban J connectivity index is 1.29. The molecule has 32 heavy (non-hydrogen) atoms. The number of benzene rings is 2. The largest absolute Gasteiger partial charge is 0.436 e. The average molecular weight is 434 g/mol. The Morgan fingerprint density at radius 3 is 2.53 bits per heavy atom. The van der Waals surface area contributed by atoms with Crippen LogP contribution in [0, 0.1) is 17.2 Å². The molecule has 1 fully saturated rings. The maximum atomic E-state index is 12.8. The third-order valence-electron chi connectivity index (χ3n) is 5.79. The zero-order valence-electron chi connectivity index (χ0n) is 17.9. The highest BCUT2D eigenvalue weighted by Crippen LogP contribution is 2.35. The monoisotopic (exact) mass is 433 g/mol. The lowest BCUT2D eigenvalue weighted by molar-refractivity contribution is -0.132. The molecule has 1 N–H and O–H groups in total. The summed E-state index contributed by atoms with van der Waals surface area (Å²) in [6.07, 6.45) is 1.05. The van der Waals surface area contributed by atoms with E-state index in [1.807, 2.05) is 48.5 Å². The second-order valence-electron chi connectivity index (χ2n) is 8.27. The molecule has 7 heteroatoms. The van der Waals surface area contributed by atoms with Crippen LogP contribution in [0.3, 0.4) is 0 Å². The van der Waals surface area contributed by atoms with Gasteiger partial charge in [0.05, 0.1) is 19.3 Å². The molecule has 2 unspecified atom stereocenters. The van der Waals surface area contributed by atoms with Gasteiger partial charge in [0, 0.05) is 19.0 Å². The molecule has 2 atom stereocenters. The molecule has 2 aliphatic rings. The number of fused-ring (bicyclic) bond motifs is 1. The van der Waals surface area contributed by atoms with Crippen molar-refractivity contribution >= 4 is 12.0 Å². The number of hydrogen-bond donors (Lipinski definition) is 1. The number of nitriles is 1. The van der Waals surface area contributed by atoms with E-state index in [0.717, 1.165) is 30.4 Å². The smallest absolute Gasteiger partial charge is 0.410 e. The summed E-state index contributed by atoms with van der Waals surface area (Å²) in [5, 5.41) is 12.1. The van der Waals surface area contributed by atoms with E-state index in [0.29, 0.717) is 19.7 Å². The number of carbonyl (C=O) groups is 2. The number of amides is 2. The molecule has 2 aromatic carbocycles. The molecule has 1 heterocycles. The van der Waals surface area contributed by atoms with Crippen LogP contribution >= 0.6 is 0 Å². The van der Waals surface area contributed by atoms with Crippen molar-refractivity contribution in [1.29, 1.82) is 5.26 Å². The second-order valence-corrected chi connectivity index (χ2v) is 8.27. The summed E-state index contributed by atoms with van der Waals surface area (Å²) < 4.78 is 11.2. The van der Waals surface area contributed by atoms with Gasteiger partial charge in [-0.2, -0.15) is 5.26 Å². The molecule has 1 aliphatic carbocycles. The standard InChI is InChI=1S/C25H27N3O4/c26-14-22(17-31-16-18-6-2-1-3-7-18)27-24(29)23(20-10-11-20)32-25(30)28-13-12-19-8-4-5-9-21(19)15-28/h1-9,20,22-23H,10-13,15-17H2,(H,27,29). The SMILES string of the molecule is N#CC(COCc1ccccc1)NC(=O)C(OC(=O)N1CCc2ccccc2C1)C1CC1. The van der Waals surface area contributed by atoms with E-state index in [9.17, 15) is 14.9 Å². The van der Waals surface area contributed by atoms with Crippen LogP contribution in [0.5, 0.6) is 0 Å². The first kappa shape index (κ1) is 21.8. The van der Waals surface area contributed by atoms with Gasteiger partial charge in [-0.25, -0.2) is 4.79 Å². The first-order chi connectivity index (χ1) is 15.6. The van der Waals surface area contributed by atoms with Gasteiger partial charge in [0.15, 0.2) is 6.10 Å². The zero-order valence-corrected chi connectivity index (χ0v) is 17.9. The van der Waals surface area contributed by atoms with Gasteiger partial charge in [0.1, 0.15) is 6.04 Å². The van der Waals surface area contributed by atoms with Crippen LogP contribution in [0.4, 0.5) is 4.79 Å². The van der Waals surface area contributed by atoms with Crippen molar-refractivity contribution in [2.75, 3.05) is 13.2 Å². The van der Waals surface area contributed by atoms with E-state index < -0.39 is 24.1 Å². The molecule has 4 rings (SSSR count). The van der Waals surface area contributed by atoms with Crippen molar-refractivity contribution < 1.29 is 19.1 Å². The Morgan fingerprint density at radius 2 is 1.81 bits per heavy atom. The van der Waals surface area contributed by atoms with Crippen molar-refractivity contribution in [2.45, 2.75) is 44.6 Å². The van der Waals surface area contributed by atoms with E-state index in [1.165, 1.54) is 5.56 Å². The molecule has 2 amide bonds. The summed E-state index contributed by atoms with van der Waals surface area (Å²) in [6, 6.07) is 18.9. The fraction of sp³-hybridized carbons (Fsp3) is 0.400. The predicted octanol–water partition coefficient (Wildman–Crippen LogP) is 3.19. The van der Waals surface area contributed by atoms with Gasteiger partial charge >= 0.3 is 6.09 Å². The van der Waals surface area contributed by atoms with E-state index in [1.54, 1.807) is 4.90 Å². The normalized spacial score (nSPS) is 16.9. The first-order valence-electron chi connectivity index (χ1n) is 11.0. The topological polar surface area (TPSA) is 91.7 Å². The molecule has 2 aromatic rings. The summed E-state index contributed by atoms with van der Waals surface area (Å²) in [6.45, 7) is 1.45. The Morgan fingerprint density at radius 1 is 1.09 bits per heavy atom. The molecule has 7 nitrogen and oxygen atoms in total. The molecular weight excluding hydrogens is 406 g/mol. The predicted molar refractivity (Wildman–Crippen MR) is 117 cm³/mol. The lowest BCUT2D eigenvalue weighted by Crippen LogP contribution is -2.47. The molecule has 1 saturated carbocycles. The van der Waals surface area contributed by atoms with E-state index in [2.05, 4.69) is 17.5 Å². The third-order valence-corrected chi connectivity index (χ3v) is 5.79. The van der Waals surface area contributed by atoms with Crippen LogP contribution < -0.4 is 5.32 Å². The van der Waals surface area contributed by atoms with Gasteiger partial charge in [-0.15, -0.1) is 0 Å². The van der Waals surface area contributed by atoms with Gasteiger partial charge in [0.25, 0.3) is 5.91 Å². The van der Waals surface area contributed by atoms with E-state index in [-0.39, 0.29) is 12.5 Å². The van der Waals surface area contributed by atoms with Crippen molar-refractivity contribution in [1.82, 2.24) is 10.2 Å². The van der Waals surface area contributed by atoms with Gasteiger partial charge in [-0.1, -0.05) is 54.6 Å². The van der Waals surface area contributed by atoms with Crippen molar-refractivity contribution in [3.8, 4) is 6.07 Å². The minimum absolute atomic E-state index is 0.000562. The molecule has 166 valence electrons. The lowest BCUT2D eigenvalue weighted by atomic mass is 10.0. The summed E-state index contributed by atoms with van der Waals surface area (Å²) >= 11 is 0. The second kappa shape index (κ2) is 10.3. The Kier molecular flexibility index (Phi) is 7.03. The van der Waals surface area contributed by atoms with E-state index in [4.69, 9.17) is 9.47 Å². The fourth-order valence-corrected chi connectivity index (χ4v) is 3.83. The fourth-order valence-electron chi connectivity index (χ4n) is 3.83. The highest BCUT2D eigenvalue weighted by Gasteiger charge is 2.41. The molecule has 0 radical (unpaired) electrons. The summed E-state index contributed by atoms with van der Waals surface area (Å²) in [5.41, 5.74) is 3.33. The van der Waals surface area contributed by atoms with Crippen LogP contribution in [0.25, 0.3) is 0 Å². The molecular formula is C25H27N3O4. The van der Waals surface area contributed by atoms with Crippen LogP contribution in [-0.4, -0.2) is 42.2 Å². The molecule has 0 spiro atoms. The summed E-state index contributed by atoms with van der Waals surface area (Å²) in [4.78, 5) is 27.2. The third kappa shape index (κ3) is 5.65. The van der Waals surface area contributed by atoms with Gasteiger partial charge in [0.2, 0.25) is 0 Å². The molecule has 1 aliphatic heterocycles. The summed E-state index contributed by atoms with van der Waals surface area (Å²) in [5.74, 6) is -0.436. The zero-order chi connectivity index (χ0) is 22.3. The average Bonchev–Trinajstić information content (AvgIpc) is 3.67. The first-order valence-corrected chi connectivity index (χ1v) is 11.0. The number of hydrogen-bond acceptors (Lipinski definition) is 5. The van der Waals surface area contributed by atoms with Crippen molar-refractivity contribution in [3.05, 3.63) is 71.3 Å². The van der Waals surface area contributed by atoms with Crippen LogP contribution in [0.1, 0.15) is 29.5 Å². The van der Waals surface area contributed by atoms with Crippen molar-refractivity contribution in [2.24, 2.45) is 5.92 Å². The lowest BCUT2D eigenvalue weighted by Gasteiger charge is -2.29. The minimum atomic E-state index is -0.885. The number of nitrogens with zero attached hydrogens (tertiary/aromatic N) is 2. The van der Waals surface area contributed by atoms with Gasteiger partial charge in [-0.05, 0) is 36.0 Å². The highest BCUT2D eigenvalue weighted by molar-refractivity contribution is 5.84. The Hall–Kier alpha value is -3.37. The maximum Gasteiger partial charge on any atom is 0.410 e. The Bertz CT molecular complexity index is 984. The maximum absolute atomic E-state index is 12.8. The van der Waals surface area contributed by atoms with E-state index >= 15 is 0 Å². The molecule has 0 bridgehead atoms. The van der Waals surface area contributed by atoms with Crippen LogP contribution in [0.2, 0.25) is 0 Å². The quantitative estimate of drug-likeness (QED) is 0.690. The Labute approximate surface area is 187 Å². The van der Waals surface area contributed by atoms with Crippen molar-refractivity contribution in [3.63, 3.8) is 0 Å². The summed E-state index contributed by atoms with van der Waals surface area (Å²) in [7, 11) is 0. The van der Waals surface area contributed by atoms with Gasteiger partial charge in [-0.3, -0.25) is 4.79 Å². The molecule has 0 aromatic heterocycles. The number of rotatable bonds is 8. The number of carbonyl (C=O) groups excluding carboxylic acids is 2. The molecule has 0 saturated heterocycles. The number of ether oxygens (including phenoxy) is 2.